The first-order chi connectivity index (χ1) is 6.38. The van der Waals surface area contributed by atoms with E-state index in [0.29, 0.717) is 12.6 Å². The maximum atomic E-state index is 5.44. The van der Waals surface area contributed by atoms with Crippen molar-refractivity contribution < 1.29 is 0 Å². The second kappa shape index (κ2) is 3.85. The molecule has 1 aromatic heterocycles. The summed E-state index contributed by atoms with van der Waals surface area (Å²) in [6.07, 6.45) is 4.42. The minimum atomic E-state index is 0.470. The summed E-state index contributed by atoms with van der Waals surface area (Å²) in [5.74, 6) is 0. The lowest BCUT2D eigenvalue weighted by atomic mass is 10.2. The maximum absolute atomic E-state index is 5.44. The van der Waals surface area contributed by atoms with Gasteiger partial charge in [0.2, 0.25) is 0 Å². The van der Waals surface area contributed by atoms with Crippen LogP contribution in [0.4, 0.5) is 0 Å². The maximum Gasteiger partial charge on any atom is 0.0962 e. The molecule has 1 aliphatic heterocycles. The Hall–Kier alpha value is -0.940. The van der Waals surface area contributed by atoms with Gasteiger partial charge >= 0.3 is 0 Å². The van der Waals surface area contributed by atoms with Crippen molar-refractivity contribution in [3.8, 4) is 0 Å². The third kappa shape index (κ3) is 2.05. The van der Waals surface area contributed by atoms with E-state index >= 15 is 0 Å². The minimum absolute atomic E-state index is 0.470. The van der Waals surface area contributed by atoms with Gasteiger partial charge in [-0.15, -0.1) is 5.10 Å². The Morgan fingerprint density at radius 1 is 1.69 bits per heavy atom. The SMILES string of the molecule is NCc1cn(CC2CCCN2)nn1. The number of hydrogen-bond donors (Lipinski definition) is 2. The van der Waals surface area contributed by atoms with Gasteiger partial charge in [0.15, 0.2) is 0 Å². The number of rotatable bonds is 3. The van der Waals surface area contributed by atoms with E-state index in [1.54, 1.807) is 0 Å². The largest absolute Gasteiger partial charge is 0.325 e. The Kier molecular flexibility index (Phi) is 2.56. The molecule has 5 heteroatoms. The molecule has 0 aliphatic carbocycles. The van der Waals surface area contributed by atoms with Crippen LogP contribution in [0.5, 0.6) is 0 Å². The predicted molar refractivity (Wildman–Crippen MR) is 48.9 cm³/mol. The summed E-state index contributed by atoms with van der Waals surface area (Å²) >= 11 is 0. The van der Waals surface area contributed by atoms with Crippen molar-refractivity contribution in [2.45, 2.75) is 32.0 Å². The van der Waals surface area contributed by atoms with Crippen LogP contribution in [0.3, 0.4) is 0 Å². The molecule has 1 unspecified atom stereocenters. The van der Waals surface area contributed by atoms with E-state index in [9.17, 15) is 0 Å². The summed E-state index contributed by atoms with van der Waals surface area (Å²) < 4.78 is 1.87. The van der Waals surface area contributed by atoms with Gasteiger partial charge in [-0.1, -0.05) is 5.21 Å². The van der Waals surface area contributed by atoms with Crippen molar-refractivity contribution in [1.82, 2.24) is 20.3 Å². The molecule has 72 valence electrons. The molecule has 0 amide bonds. The Morgan fingerprint density at radius 3 is 3.23 bits per heavy atom. The van der Waals surface area contributed by atoms with E-state index in [1.807, 2.05) is 10.9 Å². The first kappa shape index (κ1) is 8.65. The van der Waals surface area contributed by atoms with Crippen LogP contribution in [-0.4, -0.2) is 27.6 Å². The number of nitrogens with two attached hydrogens (primary N) is 1. The van der Waals surface area contributed by atoms with Crippen LogP contribution in [0.1, 0.15) is 18.5 Å². The summed E-state index contributed by atoms with van der Waals surface area (Å²) in [4.78, 5) is 0. The van der Waals surface area contributed by atoms with Gasteiger partial charge in [0.1, 0.15) is 0 Å². The normalized spacial score (nSPS) is 22.4. The molecule has 1 atom stereocenters. The van der Waals surface area contributed by atoms with E-state index in [1.165, 1.54) is 12.8 Å². The zero-order valence-corrected chi connectivity index (χ0v) is 7.61. The molecular weight excluding hydrogens is 166 g/mol. The molecular formula is C8H15N5. The van der Waals surface area contributed by atoms with Crippen LogP contribution in [-0.2, 0) is 13.1 Å². The highest BCUT2D eigenvalue weighted by Gasteiger charge is 2.14. The topological polar surface area (TPSA) is 68.8 Å². The summed E-state index contributed by atoms with van der Waals surface area (Å²) in [5.41, 5.74) is 6.30. The van der Waals surface area contributed by atoms with Crippen molar-refractivity contribution in [2.75, 3.05) is 6.54 Å². The van der Waals surface area contributed by atoms with Gasteiger partial charge in [0, 0.05) is 18.8 Å². The lowest BCUT2D eigenvalue weighted by Crippen LogP contribution is -2.26. The Bertz CT molecular complexity index is 263. The standard InChI is InChI=1S/C8H15N5/c9-4-8-6-13(12-11-8)5-7-2-1-3-10-7/h6-7,10H,1-5,9H2. The van der Waals surface area contributed by atoms with Gasteiger partial charge in [-0.2, -0.15) is 0 Å². The molecule has 1 aliphatic rings. The molecule has 1 fully saturated rings. The monoisotopic (exact) mass is 181 g/mol. The highest BCUT2D eigenvalue weighted by Crippen LogP contribution is 2.06. The van der Waals surface area contributed by atoms with Crippen LogP contribution in [0, 0.1) is 0 Å². The molecule has 0 bridgehead atoms. The summed E-state index contributed by atoms with van der Waals surface area (Å²) in [6, 6.07) is 0.562. The number of aromatic nitrogens is 3. The summed E-state index contributed by atoms with van der Waals surface area (Å²) in [6.45, 7) is 2.51. The Morgan fingerprint density at radius 2 is 2.62 bits per heavy atom. The van der Waals surface area contributed by atoms with Crippen molar-refractivity contribution in [2.24, 2.45) is 5.73 Å². The molecule has 0 spiro atoms. The van der Waals surface area contributed by atoms with Crippen molar-refractivity contribution in [3.05, 3.63) is 11.9 Å². The molecule has 0 saturated carbocycles. The Labute approximate surface area is 77.3 Å². The first-order valence-electron chi connectivity index (χ1n) is 4.71. The molecule has 1 aromatic rings. The highest BCUT2D eigenvalue weighted by atomic mass is 15.4. The zero-order valence-electron chi connectivity index (χ0n) is 7.61. The second-order valence-corrected chi connectivity index (χ2v) is 3.43. The number of nitrogens with one attached hydrogen (secondary N) is 1. The van der Waals surface area contributed by atoms with E-state index in [2.05, 4.69) is 15.6 Å². The quantitative estimate of drug-likeness (QED) is 0.659. The summed E-state index contributed by atoms with van der Waals surface area (Å²) in [5, 5.41) is 11.3. The Balaban J connectivity index is 1.92. The fourth-order valence-corrected chi connectivity index (χ4v) is 1.66. The molecule has 2 heterocycles. The minimum Gasteiger partial charge on any atom is -0.325 e. The predicted octanol–water partition coefficient (Wildman–Crippen LogP) is -0.511. The van der Waals surface area contributed by atoms with E-state index in [4.69, 9.17) is 5.73 Å². The number of hydrogen-bond acceptors (Lipinski definition) is 4. The lowest BCUT2D eigenvalue weighted by Gasteiger charge is -2.08. The van der Waals surface area contributed by atoms with Crippen molar-refractivity contribution in [3.63, 3.8) is 0 Å². The van der Waals surface area contributed by atoms with Crippen LogP contribution in [0.25, 0.3) is 0 Å². The first-order valence-corrected chi connectivity index (χ1v) is 4.71. The molecule has 2 rings (SSSR count). The summed E-state index contributed by atoms with van der Waals surface area (Å²) in [7, 11) is 0. The van der Waals surface area contributed by atoms with Crippen molar-refractivity contribution >= 4 is 0 Å². The van der Waals surface area contributed by atoms with E-state index in [0.717, 1.165) is 18.8 Å². The van der Waals surface area contributed by atoms with Crippen molar-refractivity contribution in [1.29, 1.82) is 0 Å². The average molecular weight is 181 g/mol. The van der Waals surface area contributed by atoms with Gasteiger partial charge in [-0.25, -0.2) is 0 Å². The van der Waals surface area contributed by atoms with Gasteiger partial charge < -0.3 is 11.1 Å². The van der Waals surface area contributed by atoms with Gasteiger partial charge in [0.05, 0.1) is 12.2 Å². The lowest BCUT2D eigenvalue weighted by molar-refractivity contribution is 0.466. The van der Waals surface area contributed by atoms with Gasteiger partial charge in [0.25, 0.3) is 0 Å². The molecule has 0 radical (unpaired) electrons. The third-order valence-electron chi connectivity index (χ3n) is 2.37. The molecule has 0 aromatic carbocycles. The van der Waals surface area contributed by atoms with Crippen LogP contribution >= 0.6 is 0 Å². The zero-order chi connectivity index (χ0) is 9.10. The van der Waals surface area contributed by atoms with E-state index < -0.39 is 0 Å². The molecule has 3 N–H and O–H groups in total. The fourth-order valence-electron chi connectivity index (χ4n) is 1.66. The van der Waals surface area contributed by atoms with Crippen LogP contribution in [0.2, 0.25) is 0 Å². The van der Waals surface area contributed by atoms with Gasteiger partial charge in [-0.3, -0.25) is 4.68 Å². The fraction of sp³-hybridized carbons (Fsp3) is 0.750. The molecule has 1 saturated heterocycles. The average Bonchev–Trinajstić information content (AvgIpc) is 2.76. The molecule has 13 heavy (non-hydrogen) atoms. The van der Waals surface area contributed by atoms with Gasteiger partial charge in [-0.05, 0) is 19.4 Å². The number of nitrogens with zero attached hydrogens (tertiary/aromatic N) is 3. The second-order valence-electron chi connectivity index (χ2n) is 3.43. The smallest absolute Gasteiger partial charge is 0.0962 e. The molecule has 5 nitrogen and oxygen atoms in total. The third-order valence-corrected chi connectivity index (χ3v) is 2.37. The highest BCUT2D eigenvalue weighted by molar-refractivity contribution is 4.91. The van der Waals surface area contributed by atoms with E-state index in [-0.39, 0.29) is 0 Å². The van der Waals surface area contributed by atoms with Crippen LogP contribution < -0.4 is 11.1 Å². The van der Waals surface area contributed by atoms with Crippen LogP contribution in [0.15, 0.2) is 6.20 Å².